The fourth-order valence-corrected chi connectivity index (χ4v) is 5.66. The summed E-state index contributed by atoms with van der Waals surface area (Å²) in [5.74, 6) is 0.543. The molecule has 0 fully saturated rings. The summed E-state index contributed by atoms with van der Waals surface area (Å²) in [6.07, 6.45) is 1.93. The SMILES string of the molecule is O=C(Nc1ccc(Br)cc1Cn1cc(CSc2nc3ccccc3s2)nn1)c1ccccc1. The van der Waals surface area contributed by atoms with Gasteiger partial charge in [0.1, 0.15) is 0 Å². The summed E-state index contributed by atoms with van der Waals surface area (Å²) in [5.41, 5.74) is 4.19. The summed E-state index contributed by atoms with van der Waals surface area (Å²) in [5, 5.41) is 11.6. The zero-order valence-electron chi connectivity index (χ0n) is 17.3. The number of thiazole rings is 1. The predicted octanol–water partition coefficient (Wildman–Crippen LogP) is 6.24. The largest absolute Gasteiger partial charge is 0.322 e. The zero-order valence-corrected chi connectivity index (χ0v) is 20.5. The molecule has 0 aliphatic rings. The van der Waals surface area contributed by atoms with E-state index in [-0.39, 0.29) is 5.91 Å². The fraction of sp³-hybridized carbons (Fsp3) is 0.0833. The molecule has 0 bridgehead atoms. The second-order valence-electron chi connectivity index (χ2n) is 7.27. The average molecular weight is 536 g/mol. The van der Waals surface area contributed by atoms with Gasteiger partial charge in [0.25, 0.3) is 5.91 Å². The molecule has 1 N–H and O–H groups in total. The lowest BCUT2D eigenvalue weighted by atomic mass is 10.1. The van der Waals surface area contributed by atoms with Crippen molar-refractivity contribution in [2.75, 3.05) is 5.32 Å². The van der Waals surface area contributed by atoms with E-state index in [1.165, 1.54) is 4.70 Å². The summed E-state index contributed by atoms with van der Waals surface area (Å²) < 4.78 is 4.92. The van der Waals surface area contributed by atoms with Gasteiger partial charge in [-0.3, -0.25) is 4.79 Å². The zero-order chi connectivity index (χ0) is 22.6. The Morgan fingerprint density at radius 3 is 2.73 bits per heavy atom. The number of thioether (sulfide) groups is 1. The number of para-hydroxylation sites is 1. The minimum atomic E-state index is -0.148. The highest BCUT2D eigenvalue weighted by Crippen LogP contribution is 2.31. The number of nitrogens with one attached hydrogen (secondary N) is 1. The van der Waals surface area contributed by atoms with Crippen LogP contribution in [0.3, 0.4) is 0 Å². The first kappa shape index (κ1) is 21.8. The third kappa shape index (κ3) is 5.32. The van der Waals surface area contributed by atoms with Crippen LogP contribution in [0.4, 0.5) is 5.69 Å². The van der Waals surface area contributed by atoms with Crippen molar-refractivity contribution in [1.82, 2.24) is 20.0 Å². The molecule has 5 rings (SSSR count). The van der Waals surface area contributed by atoms with Crippen LogP contribution < -0.4 is 5.32 Å². The van der Waals surface area contributed by atoms with Crippen molar-refractivity contribution in [3.8, 4) is 0 Å². The molecule has 0 aliphatic heterocycles. The highest BCUT2D eigenvalue weighted by molar-refractivity contribution is 9.10. The molecule has 1 amide bonds. The molecule has 164 valence electrons. The number of nitrogens with zero attached hydrogens (tertiary/aromatic N) is 4. The normalized spacial score (nSPS) is 11.1. The van der Waals surface area contributed by atoms with Gasteiger partial charge >= 0.3 is 0 Å². The quantitative estimate of drug-likeness (QED) is 0.249. The molecular weight excluding hydrogens is 518 g/mol. The van der Waals surface area contributed by atoms with Crippen molar-refractivity contribution in [2.24, 2.45) is 0 Å². The highest BCUT2D eigenvalue weighted by atomic mass is 79.9. The molecule has 0 atom stereocenters. The lowest BCUT2D eigenvalue weighted by molar-refractivity contribution is 0.102. The Hall–Kier alpha value is -3.01. The van der Waals surface area contributed by atoms with Crippen LogP contribution in [-0.2, 0) is 12.3 Å². The first-order valence-corrected chi connectivity index (χ1v) is 12.8. The van der Waals surface area contributed by atoms with Crippen LogP contribution in [-0.4, -0.2) is 25.9 Å². The van der Waals surface area contributed by atoms with Crippen LogP contribution in [0.2, 0.25) is 0 Å². The van der Waals surface area contributed by atoms with E-state index in [1.54, 1.807) is 39.9 Å². The van der Waals surface area contributed by atoms with E-state index in [4.69, 9.17) is 0 Å². The maximum absolute atomic E-state index is 12.6. The Balaban J connectivity index is 1.27. The number of benzene rings is 3. The van der Waals surface area contributed by atoms with Gasteiger partial charge in [-0.05, 0) is 48.0 Å². The molecule has 2 heterocycles. The van der Waals surface area contributed by atoms with Gasteiger partial charge in [0.15, 0.2) is 4.34 Å². The lowest BCUT2D eigenvalue weighted by Gasteiger charge is -2.12. The number of aromatic nitrogens is 4. The standard InChI is InChI=1S/C24H18BrN5OS2/c25-18-10-11-20(26-23(31)16-6-2-1-3-7-16)17(12-18)13-30-14-19(28-29-30)15-32-24-27-21-8-4-5-9-22(21)33-24/h1-12,14H,13,15H2,(H,26,31). The van der Waals surface area contributed by atoms with Crippen LogP contribution in [0.1, 0.15) is 21.6 Å². The van der Waals surface area contributed by atoms with E-state index < -0.39 is 0 Å². The number of rotatable bonds is 7. The third-order valence-electron chi connectivity index (χ3n) is 4.89. The number of carbonyl (C=O) groups excluding carboxylic acids is 1. The second kappa shape index (κ2) is 9.86. The van der Waals surface area contributed by atoms with E-state index in [9.17, 15) is 4.79 Å². The van der Waals surface area contributed by atoms with Crippen molar-refractivity contribution < 1.29 is 4.79 Å². The number of carbonyl (C=O) groups is 1. The Bertz CT molecular complexity index is 1380. The van der Waals surface area contributed by atoms with Crippen LogP contribution >= 0.6 is 39.0 Å². The molecule has 5 aromatic rings. The van der Waals surface area contributed by atoms with Gasteiger partial charge in [-0.1, -0.05) is 63.2 Å². The summed E-state index contributed by atoms with van der Waals surface area (Å²) in [6, 6.07) is 23.1. The van der Waals surface area contributed by atoms with E-state index >= 15 is 0 Å². The first-order chi connectivity index (χ1) is 16.1. The number of anilines is 1. The number of amides is 1. The molecule has 33 heavy (non-hydrogen) atoms. The van der Waals surface area contributed by atoms with E-state index in [0.29, 0.717) is 17.9 Å². The Morgan fingerprint density at radius 2 is 1.88 bits per heavy atom. The minimum Gasteiger partial charge on any atom is -0.322 e. The van der Waals surface area contributed by atoms with Crippen LogP contribution in [0.25, 0.3) is 10.2 Å². The molecule has 2 aromatic heterocycles. The van der Waals surface area contributed by atoms with Gasteiger partial charge in [0, 0.05) is 27.7 Å². The lowest BCUT2D eigenvalue weighted by Crippen LogP contribution is -2.14. The van der Waals surface area contributed by atoms with Crippen molar-refractivity contribution in [1.29, 1.82) is 0 Å². The maximum Gasteiger partial charge on any atom is 0.255 e. The summed E-state index contributed by atoms with van der Waals surface area (Å²) in [4.78, 5) is 17.3. The van der Waals surface area contributed by atoms with Gasteiger partial charge in [-0.25, -0.2) is 9.67 Å². The van der Waals surface area contributed by atoms with E-state index in [2.05, 4.69) is 42.6 Å². The summed E-state index contributed by atoms with van der Waals surface area (Å²) in [6.45, 7) is 0.489. The molecule has 0 saturated heterocycles. The van der Waals surface area contributed by atoms with Crippen LogP contribution in [0, 0.1) is 0 Å². The number of halogens is 1. The number of hydrogen-bond acceptors (Lipinski definition) is 6. The van der Waals surface area contributed by atoms with Gasteiger partial charge in [-0.2, -0.15) is 0 Å². The van der Waals surface area contributed by atoms with Crippen LogP contribution in [0.15, 0.2) is 87.8 Å². The molecule has 0 aliphatic carbocycles. The molecule has 0 radical (unpaired) electrons. The van der Waals surface area contributed by atoms with Crippen LogP contribution in [0.5, 0.6) is 0 Å². The van der Waals surface area contributed by atoms with Gasteiger partial charge in [0.05, 0.1) is 22.5 Å². The minimum absolute atomic E-state index is 0.148. The highest BCUT2D eigenvalue weighted by Gasteiger charge is 2.12. The summed E-state index contributed by atoms with van der Waals surface area (Å²) in [7, 11) is 0. The maximum atomic E-state index is 12.6. The molecule has 3 aromatic carbocycles. The van der Waals surface area contributed by atoms with Crippen molar-refractivity contribution in [3.05, 3.63) is 100 Å². The van der Waals surface area contributed by atoms with Crippen molar-refractivity contribution >= 4 is 60.8 Å². The number of fused-ring (bicyclic) bond motifs is 1. The molecule has 0 spiro atoms. The first-order valence-electron chi connectivity index (χ1n) is 10.2. The topological polar surface area (TPSA) is 72.7 Å². The van der Waals surface area contributed by atoms with Gasteiger partial charge in [0.2, 0.25) is 0 Å². The molecule has 6 nitrogen and oxygen atoms in total. The average Bonchev–Trinajstić information content (AvgIpc) is 3.46. The monoisotopic (exact) mass is 535 g/mol. The fourth-order valence-electron chi connectivity index (χ4n) is 3.30. The Kier molecular flexibility index (Phi) is 6.52. The smallest absolute Gasteiger partial charge is 0.255 e. The third-order valence-corrected chi connectivity index (χ3v) is 7.59. The van der Waals surface area contributed by atoms with Crippen molar-refractivity contribution in [2.45, 2.75) is 16.6 Å². The van der Waals surface area contributed by atoms with Gasteiger partial charge in [-0.15, -0.1) is 16.4 Å². The van der Waals surface area contributed by atoms with E-state index in [0.717, 1.165) is 31.3 Å². The molecule has 0 saturated carbocycles. The summed E-state index contributed by atoms with van der Waals surface area (Å²) >= 11 is 6.87. The number of hydrogen-bond donors (Lipinski definition) is 1. The predicted molar refractivity (Wildman–Crippen MR) is 137 cm³/mol. The second-order valence-corrected chi connectivity index (χ2v) is 10.4. The van der Waals surface area contributed by atoms with Crippen molar-refractivity contribution in [3.63, 3.8) is 0 Å². The molecular formula is C24H18BrN5OS2. The Morgan fingerprint density at radius 1 is 1.06 bits per heavy atom. The Labute approximate surface area is 207 Å². The molecule has 9 heteroatoms. The molecule has 0 unspecified atom stereocenters. The van der Waals surface area contributed by atoms with Gasteiger partial charge < -0.3 is 5.32 Å². The van der Waals surface area contributed by atoms with E-state index in [1.807, 2.05) is 60.8 Å².